The highest BCUT2D eigenvalue weighted by Crippen LogP contribution is 2.43. The number of aryl methyl sites for hydroxylation is 5. The molecular formula is C41H39N3. The summed E-state index contributed by atoms with van der Waals surface area (Å²) < 4.78 is 0. The molecule has 0 saturated heterocycles. The number of nitrogens with one attached hydrogen (secondary N) is 1. The van der Waals surface area contributed by atoms with Gasteiger partial charge in [-0.2, -0.15) is 0 Å². The van der Waals surface area contributed by atoms with Gasteiger partial charge in [0, 0.05) is 34.1 Å². The maximum Gasteiger partial charge on any atom is 0.0503 e. The van der Waals surface area contributed by atoms with Gasteiger partial charge in [0.05, 0.1) is 11.4 Å². The largest absolute Gasteiger partial charge is 0.355 e. The minimum Gasteiger partial charge on any atom is -0.355 e. The fourth-order valence-electron chi connectivity index (χ4n) is 5.40. The highest BCUT2D eigenvalue weighted by molar-refractivity contribution is 5.86. The molecule has 0 bridgehead atoms. The maximum absolute atomic E-state index is 3.71. The molecule has 3 heteroatoms. The van der Waals surface area contributed by atoms with Crippen LogP contribution in [0.15, 0.2) is 140 Å². The summed E-state index contributed by atoms with van der Waals surface area (Å²) >= 11 is 0. The first-order valence-corrected chi connectivity index (χ1v) is 15.2. The van der Waals surface area contributed by atoms with Crippen molar-refractivity contribution in [2.75, 3.05) is 15.1 Å². The SMILES string of the molecule is Cc1ccc(Nc2cc(N(c3ccc(C)cc3)c3ccc(C)cc3)cc(N(c3ccc(C)cc3)c3ccc(C)cc3)c2)cc1. The molecule has 0 aromatic heterocycles. The molecule has 3 nitrogen and oxygen atoms in total. The molecule has 6 aromatic rings. The summed E-state index contributed by atoms with van der Waals surface area (Å²) in [5.41, 5.74) is 14.8. The van der Waals surface area contributed by atoms with Gasteiger partial charge in [0.2, 0.25) is 0 Å². The Morgan fingerprint density at radius 1 is 0.295 bits per heavy atom. The van der Waals surface area contributed by atoms with E-state index in [4.69, 9.17) is 0 Å². The summed E-state index contributed by atoms with van der Waals surface area (Å²) in [6.07, 6.45) is 0. The third-order valence-electron chi connectivity index (χ3n) is 7.93. The summed E-state index contributed by atoms with van der Waals surface area (Å²) in [5.74, 6) is 0. The molecule has 44 heavy (non-hydrogen) atoms. The Morgan fingerprint density at radius 3 is 0.864 bits per heavy atom. The molecule has 0 amide bonds. The Balaban J connectivity index is 1.58. The van der Waals surface area contributed by atoms with E-state index in [1.165, 1.54) is 27.8 Å². The fourth-order valence-corrected chi connectivity index (χ4v) is 5.40. The van der Waals surface area contributed by atoms with Gasteiger partial charge in [0.25, 0.3) is 0 Å². The fraction of sp³-hybridized carbons (Fsp3) is 0.122. The van der Waals surface area contributed by atoms with Crippen LogP contribution in [0.1, 0.15) is 27.8 Å². The Labute approximate surface area is 262 Å². The number of hydrogen-bond acceptors (Lipinski definition) is 3. The van der Waals surface area contributed by atoms with Crippen LogP contribution in [-0.2, 0) is 0 Å². The van der Waals surface area contributed by atoms with Crippen molar-refractivity contribution >= 4 is 45.5 Å². The summed E-state index contributed by atoms with van der Waals surface area (Å²) in [6, 6.07) is 50.4. The number of anilines is 8. The number of hydrogen-bond donors (Lipinski definition) is 1. The van der Waals surface area contributed by atoms with Crippen LogP contribution in [0, 0.1) is 34.6 Å². The van der Waals surface area contributed by atoms with Gasteiger partial charge in [-0.15, -0.1) is 0 Å². The number of rotatable bonds is 8. The van der Waals surface area contributed by atoms with E-state index in [1.54, 1.807) is 0 Å². The first kappa shape index (κ1) is 28.8. The summed E-state index contributed by atoms with van der Waals surface area (Å²) in [5, 5.41) is 3.71. The predicted molar refractivity (Wildman–Crippen MR) is 189 cm³/mol. The van der Waals surface area contributed by atoms with E-state index in [-0.39, 0.29) is 0 Å². The topological polar surface area (TPSA) is 18.5 Å². The van der Waals surface area contributed by atoms with E-state index < -0.39 is 0 Å². The second-order valence-corrected chi connectivity index (χ2v) is 11.7. The van der Waals surface area contributed by atoms with Crippen LogP contribution in [0.4, 0.5) is 45.5 Å². The lowest BCUT2D eigenvalue weighted by Crippen LogP contribution is -2.14. The predicted octanol–water partition coefficient (Wildman–Crippen LogP) is 11.9. The lowest BCUT2D eigenvalue weighted by Gasteiger charge is -2.30. The molecule has 0 heterocycles. The van der Waals surface area contributed by atoms with E-state index in [0.717, 1.165) is 45.5 Å². The van der Waals surface area contributed by atoms with Crippen molar-refractivity contribution in [1.29, 1.82) is 0 Å². The highest BCUT2D eigenvalue weighted by atomic mass is 15.2. The summed E-state index contributed by atoms with van der Waals surface area (Å²) in [4.78, 5) is 4.68. The van der Waals surface area contributed by atoms with Crippen LogP contribution in [0.2, 0.25) is 0 Å². The van der Waals surface area contributed by atoms with Crippen molar-refractivity contribution in [3.63, 3.8) is 0 Å². The normalized spacial score (nSPS) is 10.8. The van der Waals surface area contributed by atoms with Gasteiger partial charge in [-0.25, -0.2) is 0 Å². The molecule has 6 aromatic carbocycles. The van der Waals surface area contributed by atoms with E-state index in [9.17, 15) is 0 Å². The van der Waals surface area contributed by atoms with Gasteiger partial charge in [0.15, 0.2) is 0 Å². The quantitative estimate of drug-likeness (QED) is 0.195. The van der Waals surface area contributed by atoms with Crippen LogP contribution >= 0.6 is 0 Å². The third kappa shape index (κ3) is 6.53. The van der Waals surface area contributed by atoms with Crippen LogP contribution in [0.5, 0.6) is 0 Å². The number of nitrogens with zero attached hydrogens (tertiary/aromatic N) is 2. The van der Waals surface area contributed by atoms with Crippen molar-refractivity contribution in [2.24, 2.45) is 0 Å². The van der Waals surface area contributed by atoms with Crippen molar-refractivity contribution in [2.45, 2.75) is 34.6 Å². The van der Waals surface area contributed by atoms with E-state index in [0.29, 0.717) is 0 Å². The molecule has 0 fully saturated rings. The maximum atomic E-state index is 3.71. The molecule has 6 rings (SSSR count). The molecule has 0 atom stereocenters. The van der Waals surface area contributed by atoms with Gasteiger partial charge < -0.3 is 15.1 Å². The molecule has 0 radical (unpaired) electrons. The van der Waals surface area contributed by atoms with Gasteiger partial charge in [-0.1, -0.05) is 88.5 Å². The Kier molecular flexibility index (Phi) is 8.21. The minimum absolute atomic E-state index is 1.01. The zero-order valence-corrected chi connectivity index (χ0v) is 26.2. The Bertz CT molecular complexity index is 1630. The molecule has 0 spiro atoms. The average Bonchev–Trinajstić information content (AvgIpc) is 3.02. The van der Waals surface area contributed by atoms with E-state index in [2.05, 4.69) is 189 Å². The van der Waals surface area contributed by atoms with Crippen LogP contribution in [-0.4, -0.2) is 0 Å². The van der Waals surface area contributed by atoms with Gasteiger partial charge in [0.1, 0.15) is 0 Å². The zero-order valence-electron chi connectivity index (χ0n) is 26.2. The lowest BCUT2D eigenvalue weighted by molar-refractivity contribution is 1.24. The molecule has 0 unspecified atom stereocenters. The standard InChI is InChI=1S/C41H39N3/c1-29-6-16-34(17-7-29)42-35-26-40(43(36-18-8-30(2)9-19-36)37-20-10-31(3)11-21-37)28-41(27-35)44(38-22-12-32(4)13-23-38)39-24-14-33(5)15-25-39/h6-28,42H,1-5H3. The molecule has 1 N–H and O–H groups in total. The van der Waals surface area contributed by atoms with Crippen LogP contribution < -0.4 is 15.1 Å². The zero-order chi connectivity index (χ0) is 30.6. The molecular weight excluding hydrogens is 534 g/mol. The molecule has 0 aliphatic heterocycles. The molecule has 0 saturated carbocycles. The third-order valence-corrected chi connectivity index (χ3v) is 7.93. The first-order valence-electron chi connectivity index (χ1n) is 15.2. The molecule has 0 aliphatic carbocycles. The van der Waals surface area contributed by atoms with Crippen molar-refractivity contribution in [1.82, 2.24) is 0 Å². The van der Waals surface area contributed by atoms with Gasteiger partial charge in [-0.3, -0.25) is 0 Å². The van der Waals surface area contributed by atoms with Crippen molar-refractivity contribution < 1.29 is 0 Å². The minimum atomic E-state index is 1.01. The lowest BCUT2D eigenvalue weighted by atomic mass is 10.1. The average molecular weight is 574 g/mol. The van der Waals surface area contributed by atoms with E-state index >= 15 is 0 Å². The molecule has 0 aliphatic rings. The second-order valence-electron chi connectivity index (χ2n) is 11.7. The van der Waals surface area contributed by atoms with Crippen LogP contribution in [0.25, 0.3) is 0 Å². The van der Waals surface area contributed by atoms with Crippen molar-refractivity contribution in [3.8, 4) is 0 Å². The Morgan fingerprint density at radius 2 is 0.568 bits per heavy atom. The smallest absolute Gasteiger partial charge is 0.0503 e. The van der Waals surface area contributed by atoms with E-state index in [1.807, 2.05) is 0 Å². The monoisotopic (exact) mass is 573 g/mol. The van der Waals surface area contributed by atoms with Gasteiger partial charge in [-0.05, 0) is 113 Å². The Hall–Kier alpha value is -5.28. The highest BCUT2D eigenvalue weighted by Gasteiger charge is 2.19. The summed E-state index contributed by atoms with van der Waals surface area (Å²) in [6.45, 7) is 10.6. The second kappa shape index (κ2) is 12.5. The number of benzene rings is 6. The van der Waals surface area contributed by atoms with Crippen LogP contribution in [0.3, 0.4) is 0 Å². The molecule has 218 valence electrons. The van der Waals surface area contributed by atoms with Gasteiger partial charge >= 0.3 is 0 Å². The van der Waals surface area contributed by atoms with Crippen molar-refractivity contribution in [3.05, 3.63) is 167 Å². The summed E-state index contributed by atoms with van der Waals surface area (Å²) in [7, 11) is 0. The first-order chi connectivity index (χ1) is 21.3.